The van der Waals surface area contributed by atoms with Crippen LogP contribution in [0.15, 0.2) is 204 Å². The number of pyridine rings is 1. The summed E-state index contributed by atoms with van der Waals surface area (Å²) in [5.41, 5.74) is 15.1. The molecule has 0 spiro atoms. The molecule has 8 aromatic carbocycles. The van der Waals surface area contributed by atoms with Crippen LogP contribution < -0.4 is 0 Å². The lowest BCUT2D eigenvalue weighted by atomic mass is 9.94. The summed E-state index contributed by atoms with van der Waals surface area (Å²) in [4.78, 5) is 7.73. The van der Waals surface area contributed by atoms with Crippen molar-refractivity contribution in [1.82, 2.24) is 9.55 Å². The normalized spacial score (nSPS) is 12.0. The second kappa shape index (κ2) is 12.5. The average Bonchev–Trinajstić information content (AvgIpc) is 3.58. The van der Waals surface area contributed by atoms with Crippen molar-refractivity contribution in [2.45, 2.75) is 9.79 Å². The first-order valence-electron chi connectivity index (χ1n) is 18.4. The molecule has 0 aliphatic carbocycles. The minimum atomic E-state index is 0.966. The SMILES string of the molecule is c1ccc(-c2cc(-c3ccc(-n4c5ccccc5c5cc(-c6ccc7c(c6)-c6cccc8cccc(c68)S7)ccc54)cc3)cc(-c3ccccc3)n2)cc1. The molecule has 11 rings (SSSR count). The fourth-order valence-corrected chi connectivity index (χ4v) is 9.32. The summed E-state index contributed by atoms with van der Waals surface area (Å²) in [6.45, 7) is 0. The number of fused-ring (bicyclic) bond motifs is 5. The lowest BCUT2D eigenvalue weighted by molar-refractivity contribution is 1.18. The molecule has 0 saturated carbocycles. The number of nitrogens with zero attached hydrogens (tertiary/aromatic N) is 2. The molecule has 0 amide bonds. The van der Waals surface area contributed by atoms with E-state index in [1.807, 2.05) is 23.9 Å². The molecule has 54 heavy (non-hydrogen) atoms. The minimum absolute atomic E-state index is 0.966. The first kappa shape index (κ1) is 30.9. The highest BCUT2D eigenvalue weighted by Crippen LogP contribution is 2.49. The molecular formula is C51H32N2S. The number of aromatic nitrogens is 2. The van der Waals surface area contributed by atoms with Crippen molar-refractivity contribution >= 4 is 44.3 Å². The molecule has 0 atom stereocenters. The summed E-state index contributed by atoms with van der Waals surface area (Å²) in [5, 5.41) is 5.16. The van der Waals surface area contributed by atoms with Crippen LogP contribution in [0.3, 0.4) is 0 Å². The molecule has 0 saturated heterocycles. The van der Waals surface area contributed by atoms with Gasteiger partial charge in [0, 0.05) is 42.8 Å². The molecule has 0 unspecified atom stereocenters. The largest absolute Gasteiger partial charge is 0.309 e. The third-order valence-electron chi connectivity index (χ3n) is 10.8. The van der Waals surface area contributed by atoms with Gasteiger partial charge in [0.2, 0.25) is 0 Å². The van der Waals surface area contributed by atoms with Gasteiger partial charge in [0.15, 0.2) is 0 Å². The van der Waals surface area contributed by atoms with E-state index in [4.69, 9.17) is 4.98 Å². The number of para-hydroxylation sites is 1. The van der Waals surface area contributed by atoms with E-state index in [0.717, 1.165) is 39.3 Å². The number of rotatable bonds is 5. The second-order valence-electron chi connectivity index (χ2n) is 14.0. The van der Waals surface area contributed by atoms with Crippen LogP contribution in [-0.4, -0.2) is 9.55 Å². The molecule has 3 heteroatoms. The smallest absolute Gasteiger partial charge is 0.0715 e. The van der Waals surface area contributed by atoms with Gasteiger partial charge in [-0.2, -0.15) is 0 Å². The quantitative estimate of drug-likeness (QED) is 0.177. The van der Waals surface area contributed by atoms with Gasteiger partial charge >= 0.3 is 0 Å². The molecule has 2 nitrogen and oxygen atoms in total. The van der Waals surface area contributed by atoms with Crippen LogP contribution in [0.1, 0.15) is 0 Å². The number of benzene rings is 8. The zero-order valence-electron chi connectivity index (χ0n) is 29.3. The van der Waals surface area contributed by atoms with Crippen LogP contribution in [0.2, 0.25) is 0 Å². The van der Waals surface area contributed by atoms with E-state index in [-0.39, 0.29) is 0 Å². The highest BCUT2D eigenvalue weighted by molar-refractivity contribution is 7.99. The van der Waals surface area contributed by atoms with E-state index in [0.29, 0.717) is 0 Å². The van der Waals surface area contributed by atoms with Gasteiger partial charge in [0.1, 0.15) is 0 Å². The summed E-state index contributed by atoms with van der Waals surface area (Å²) in [7, 11) is 0. The Hall–Kier alpha value is -6.68. The third kappa shape index (κ3) is 5.08. The molecule has 1 aliphatic rings. The molecule has 252 valence electrons. The Morgan fingerprint density at radius 1 is 0.370 bits per heavy atom. The van der Waals surface area contributed by atoms with Gasteiger partial charge in [0.05, 0.1) is 22.4 Å². The average molecular weight is 705 g/mol. The van der Waals surface area contributed by atoms with Crippen LogP contribution in [0.5, 0.6) is 0 Å². The Bertz CT molecular complexity index is 2990. The standard InChI is InChI=1S/C51H32N2S/c1-3-11-34(12-4-1)45-31-39(32-46(52-45)35-13-5-2-6-14-35)33-21-25-40(26-22-33)53-47-19-8-7-17-41(47)43-29-37(23-27-48(43)53)38-24-28-49-44(30-38)42-18-9-15-36-16-10-20-50(54-49)51(36)42/h1-32H. The lowest BCUT2D eigenvalue weighted by Gasteiger charge is -2.21. The maximum atomic E-state index is 5.09. The Morgan fingerprint density at radius 3 is 1.76 bits per heavy atom. The number of hydrogen-bond acceptors (Lipinski definition) is 2. The maximum Gasteiger partial charge on any atom is 0.0715 e. The fraction of sp³-hybridized carbons (Fsp3) is 0. The van der Waals surface area contributed by atoms with E-state index in [2.05, 4.69) is 187 Å². The maximum absolute atomic E-state index is 5.09. The van der Waals surface area contributed by atoms with E-state index >= 15 is 0 Å². The highest BCUT2D eigenvalue weighted by Gasteiger charge is 2.20. The van der Waals surface area contributed by atoms with E-state index in [9.17, 15) is 0 Å². The first-order valence-corrected chi connectivity index (χ1v) is 19.2. The fourth-order valence-electron chi connectivity index (χ4n) is 8.19. The van der Waals surface area contributed by atoms with Crippen LogP contribution in [0.25, 0.3) is 94.2 Å². The summed E-state index contributed by atoms with van der Waals surface area (Å²) >= 11 is 1.88. The Morgan fingerprint density at radius 2 is 1.00 bits per heavy atom. The van der Waals surface area contributed by atoms with Crippen molar-refractivity contribution in [3.8, 4) is 61.6 Å². The Labute approximate surface area is 318 Å². The van der Waals surface area contributed by atoms with Crippen molar-refractivity contribution in [3.63, 3.8) is 0 Å². The van der Waals surface area contributed by atoms with Gasteiger partial charge in [-0.05, 0) is 99.4 Å². The summed E-state index contributed by atoms with van der Waals surface area (Å²) < 4.78 is 2.40. The molecule has 2 aromatic heterocycles. The molecule has 3 heterocycles. The lowest BCUT2D eigenvalue weighted by Crippen LogP contribution is -1.95. The van der Waals surface area contributed by atoms with Gasteiger partial charge in [-0.15, -0.1) is 0 Å². The van der Waals surface area contributed by atoms with Gasteiger partial charge < -0.3 is 4.57 Å². The summed E-state index contributed by atoms with van der Waals surface area (Å²) in [6, 6.07) is 70.3. The predicted molar refractivity (Wildman–Crippen MR) is 227 cm³/mol. The highest BCUT2D eigenvalue weighted by atomic mass is 32.2. The van der Waals surface area contributed by atoms with Crippen molar-refractivity contribution in [1.29, 1.82) is 0 Å². The van der Waals surface area contributed by atoms with Crippen molar-refractivity contribution in [2.75, 3.05) is 0 Å². The van der Waals surface area contributed by atoms with Gasteiger partial charge in [-0.3, -0.25) is 0 Å². The van der Waals surface area contributed by atoms with Gasteiger partial charge in [0.25, 0.3) is 0 Å². The molecule has 0 bridgehead atoms. The van der Waals surface area contributed by atoms with Crippen molar-refractivity contribution in [3.05, 3.63) is 194 Å². The van der Waals surface area contributed by atoms with Gasteiger partial charge in [-0.1, -0.05) is 145 Å². The topological polar surface area (TPSA) is 17.8 Å². The van der Waals surface area contributed by atoms with Crippen molar-refractivity contribution in [2.24, 2.45) is 0 Å². The molecule has 0 N–H and O–H groups in total. The molecule has 1 aliphatic heterocycles. The predicted octanol–water partition coefficient (Wildman–Crippen LogP) is 14.1. The Kier molecular flexibility index (Phi) is 7.14. The molecule has 10 aromatic rings. The summed E-state index contributed by atoms with van der Waals surface area (Å²) in [5.74, 6) is 0. The van der Waals surface area contributed by atoms with E-state index < -0.39 is 0 Å². The van der Waals surface area contributed by atoms with Crippen LogP contribution >= 0.6 is 11.8 Å². The zero-order valence-corrected chi connectivity index (χ0v) is 30.1. The molecular weight excluding hydrogens is 673 g/mol. The van der Waals surface area contributed by atoms with E-state index in [1.165, 1.54) is 64.6 Å². The van der Waals surface area contributed by atoms with Crippen LogP contribution in [-0.2, 0) is 0 Å². The van der Waals surface area contributed by atoms with Crippen LogP contribution in [0.4, 0.5) is 0 Å². The van der Waals surface area contributed by atoms with Gasteiger partial charge in [-0.25, -0.2) is 4.98 Å². The zero-order chi connectivity index (χ0) is 35.6. The molecule has 0 radical (unpaired) electrons. The second-order valence-corrected chi connectivity index (χ2v) is 15.0. The summed E-state index contributed by atoms with van der Waals surface area (Å²) in [6.07, 6.45) is 0. The number of hydrogen-bond donors (Lipinski definition) is 0. The monoisotopic (exact) mass is 704 g/mol. The van der Waals surface area contributed by atoms with E-state index in [1.54, 1.807) is 0 Å². The van der Waals surface area contributed by atoms with Crippen molar-refractivity contribution < 1.29 is 0 Å². The Balaban J connectivity index is 1.00. The third-order valence-corrected chi connectivity index (χ3v) is 11.9. The first-order chi connectivity index (χ1) is 26.7. The minimum Gasteiger partial charge on any atom is -0.309 e. The molecule has 0 fully saturated rings. The van der Waals surface area contributed by atoms with Crippen LogP contribution in [0, 0.1) is 0 Å².